The second-order valence-corrected chi connectivity index (χ2v) is 3.90. The highest BCUT2D eigenvalue weighted by atomic mass is 17.1. The molecule has 122 valence electrons. The monoisotopic (exact) mass is 310 g/mol. The van der Waals surface area contributed by atoms with Gasteiger partial charge in [0, 0.05) is 6.42 Å². The first-order valence-corrected chi connectivity index (χ1v) is 6.01. The summed E-state index contributed by atoms with van der Waals surface area (Å²) in [6, 6.07) is -1.34. The van der Waals surface area contributed by atoms with Gasteiger partial charge < -0.3 is 20.3 Å². The molecule has 0 bridgehead atoms. The van der Waals surface area contributed by atoms with Gasteiger partial charge in [-0.25, -0.2) is 9.59 Å². The van der Waals surface area contributed by atoms with Gasteiger partial charge in [0.05, 0.1) is 18.6 Å². The minimum atomic E-state index is -1.35. The molecule has 11 nitrogen and oxygen atoms in total. The Balaban J connectivity index is 3.83. The molecular formula is C10H18N2O9. The standard InChI is InChI=1S/C10H18N2O9/c13-8(14)4-3-7(9(15)16)11-10(17)20-5-1-2-6-21-12(18)19/h7,18-19H,1-6H2,(H,11,17)(H,13,14)(H,15,16). The average Bonchev–Trinajstić information content (AvgIpc) is 2.37. The minimum Gasteiger partial charge on any atom is -0.481 e. The number of amides is 1. The number of unbranched alkanes of at least 4 members (excludes halogenated alkanes) is 1. The first kappa shape index (κ1) is 19.1. The Labute approximate surface area is 119 Å². The van der Waals surface area contributed by atoms with Crippen molar-refractivity contribution < 1.29 is 44.6 Å². The van der Waals surface area contributed by atoms with E-state index in [0.717, 1.165) is 0 Å². The fourth-order valence-corrected chi connectivity index (χ4v) is 1.22. The van der Waals surface area contributed by atoms with Crippen LogP contribution in [0.3, 0.4) is 0 Å². The van der Waals surface area contributed by atoms with Gasteiger partial charge >= 0.3 is 18.0 Å². The summed E-state index contributed by atoms with van der Waals surface area (Å²) < 4.78 is 4.68. The smallest absolute Gasteiger partial charge is 0.407 e. The first-order valence-electron chi connectivity index (χ1n) is 6.01. The van der Waals surface area contributed by atoms with Crippen LogP contribution < -0.4 is 5.32 Å². The molecule has 0 aromatic heterocycles. The van der Waals surface area contributed by atoms with Gasteiger partial charge in [0.25, 0.3) is 0 Å². The van der Waals surface area contributed by atoms with E-state index in [2.05, 4.69) is 9.57 Å². The highest BCUT2D eigenvalue weighted by Crippen LogP contribution is 1.99. The molecule has 0 aromatic rings. The number of hydrogen-bond donors (Lipinski definition) is 5. The molecule has 0 aliphatic rings. The van der Waals surface area contributed by atoms with E-state index in [1.807, 2.05) is 5.32 Å². The molecule has 5 N–H and O–H groups in total. The Hall–Kier alpha value is -1.95. The quantitative estimate of drug-likeness (QED) is 0.255. The number of carboxylic acid groups (broad SMARTS) is 2. The number of rotatable bonds is 11. The van der Waals surface area contributed by atoms with E-state index < -0.39 is 35.9 Å². The molecule has 0 saturated heterocycles. The summed E-state index contributed by atoms with van der Waals surface area (Å²) in [6.45, 7) is -0.0360. The Kier molecular flexibility index (Phi) is 9.79. The number of ether oxygens (including phenoxy) is 1. The normalized spacial score (nSPS) is 12.0. The lowest BCUT2D eigenvalue weighted by atomic mass is 10.1. The van der Waals surface area contributed by atoms with Crippen LogP contribution in [0.5, 0.6) is 0 Å². The van der Waals surface area contributed by atoms with Crippen LogP contribution >= 0.6 is 0 Å². The Morgan fingerprint density at radius 1 is 1.10 bits per heavy atom. The molecule has 0 saturated carbocycles. The van der Waals surface area contributed by atoms with Gasteiger partial charge in [-0.15, -0.1) is 0 Å². The number of carbonyl (C=O) groups is 3. The van der Waals surface area contributed by atoms with Gasteiger partial charge in [-0.3, -0.25) is 20.0 Å². The first-order chi connectivity index (χ1) is 9.82. The fourth-order valence-electron chi connectivity index (χ4n) is 1.22. The summed E-state index contributed by atoms with van der Waals surface area (Å²) in [7, 11) is 0. The van der Waals surface area contributed by atoms with Crippen LogP contribution in [-0.2, 0) is 19.2 Å². The van der Waals surface area contributed by atoms with Crippen LogP contribution in [0, 0.1) is 0 Å². The number of hydrogen-bond acceptors (Lipinski definition) is 8. The lowest BCUT2D eigenvalue weighted by Crippen LogP contribution is -2.41. The van der Waals surface area contributed by atoms with Gasteiger partial charge in [0.2, 0.25) is 0 Å². The molecule has 0 radical (unpaired) electrons. The lowest BCUT2D eigenvalue weighted by molar-refractivity contribution is -0.492. The van der Waals surface area contributed by atoms with Crippen molar-refractivity contribution in [2.45, 2.75) is 31.7 Å². The minimum absolute atomic E-state index is 0.00561. The van der Waals surface area contributed by atoms with E-state index >= 15 is 0 Å². The van der Waals surface area contributed by atoms with Gasteiger partial charge in [0.1, 0.15) is 6.04 Å². The highest BCUT2D eigenvalue weighted by molar-refractivity contribution is 5.80. The zero-order chi connectivity index (χ0) is 16.3. The predicted octanol–water partition coefficient (Wildman–Crippen LogP) is -0.177. The van der Waals surface area contributed by atoms with E-state index in [-0.39, 0.29) is 19.6 Å². The molecule has 0 aliphatic heterocycles. The van der Waals surface area contributed by atoms with Crippen LogP contribution in [0.2, 0.25) is 0 Å². The van der Waals surface area contributed by atoms with Gasteiger partial charge in [-0.2, -0.15) is 0 Å². The summed E-state index contributed by atoms with van der Waals surface area (Å²) >= 11 is 0. The highest BCUT2D eigenvalue weighted by Gasteiger charge is 2.21. The van der Waals surface area contributed by atoms with Crippen LogP contribution in [-0.4, -0.2) is 63.3 Å². The summed E-state index contributed by atoms with van der Waals surface area (Å²) in [4.78, 5) is 36.7. The topological polar surface area (TPSA) is 166 Å². The van der Waals surface area contributed by atoms with Crippen molar-refractivity contribution in [2.24, 2.45) is 0 Å². The van der Waals surface area contributed by atoms with E-state index in [4.69, 9.17) is 20.6 Å². The SMILES string of the molecule is O=C(O)CCC(NC(=O)OCCCCON(O)O)C(=O)O. The number of carbonyl (C=O) groups excluding carboxylic acids is 1. The molecule has 0 aromatic carbocycles. The zero-order valence-electron chi connectivity index (χ0n) is 11.1. The van der Waals surface area contributed by atoms with Crippen molar-refractivity contribution >= 4 is 18.0 Å². The summed E-state index contributed by atoms with van der Waals surface area (Å²) in [6.07, 6.45) is -0.899. The van der Waals surface area contributed by atoms with Gasteiger partial charge in [0.15, 0.2) is 0 Å². The third kappa shape index (κ3) is 11.6. The Bertz CT molecular complexity index is 347. The number of aliphatic carboxylic acids is 2. The number of carboxylic acids is 2. The molecule has 1 amide bonds. The molecule has 11 heteroatoms. The molecule has 21 heavy (non-hydrogen) atoms. The van der Waals surface area contributed by atoms with Crippen molar-refractivity contribution in [1.82, 2.24) is 10.7 Å². The van der Waals surface area contributed by atoms with Crippen molar-refractivity contribution in [2.75, 3.05) is 13.2 Å². The maximum Gasteiger partial charge on any atom is 0.407 e. The van der Waals surface area contributed by atoms with Crippen molar-refractivity contribution in [1.29, 1.82) is 0 Å². The van der Waals surface area contributed by atoms with Crippen molar-refractivity contribution in [3.05, 3.63) is 0 Å². The average molecular weight is 310 g/mol. The van der Waals surface area contributed by atoms with E-state index in [1.165, 1.54) is 0 Å². The van der Waals surface area contributed by atoms with Crippen LogP contribution in [0.15, 0.2) is 0 Å². The predicted molar refractivity (Wildman–Crippen MR) is 63.4 cm³/mol. The maximum absolute atomic E-state index is 11.3. The zero-order valence-corrected chi connectivity index (χ0v) is 11.1. The molecule has 0 aliphatic carbocycles. The second kappa shape index (κ2) is 10.8. The summed E-state index contributed by atoms with van der Waals surface area (Å²) in [5, 5.41) is 35.3. The van der Waals surface area contributed by atoms with Crippen LogP contribution in [0.1, 0.15) is 25.7 Å². The molecule has 0 fully saturated rings. The number of alkyl carbamates (subject to hydrolysis) is 1. The van der Waals surface area contributed by atoms with Gasteiger partial charge in [-0.1, -0.05) is 0 Å². The number of nitrogens with one attached hydrogen (secondary N) is 1. The van der Waals surface area contributed by atoms with Crippen molar-refractivity contribution in [3.63, 3.8) is 0 Å². The largest absolute Gasteiger partial charge is 0.481 e. The Morgan fingerprint density at radius 2 is 1.71 bits per heavy atom. The van der Waals surface area contributed by atoms with Crippen molar-refractivity contribution in [3.8, 4) is 0 Å². The fraction of sp³-hybridized carbons (Fsp3) is 0.700. The van der Waals surface area contributed by atoms with Gasteiger partial charge in [-0.05, 0) is 19.3 Å². The second-order valence-electron chi connectivity index (χ2n) is 3.90. The molecule has 1 atom stereocenters. The summed E-state index contributed by atoms with van der Waals surface area (Å²) in [5.41, 5.74) is 0. The molecule has 0 spiro atoms. The van der Waals surface area contributed by atoms with E-state index in [9.17, 15) is 14.4 Å². The Morgan fingerprint density at radius 3 is 2.24 bits per heavy atom. The molecule has 1 unspecified atom stereocenters. The third-order valence-corrected chi connectivity index (χ3v) is 2.22. The van der Waals surface area contributed by atoms with Crippen LogP contribution in [0.4, 0.5) is 4.79 Å². The summed E-state index contributed by atoms with van der Waals surface area (Å²) in [5.74, 6) is -2.52. The molecule has 0 rings (SSSR count). The molecule has 0 heterocycles. The van der Waals surface area contributed by atoms with Crippen LogP contribution in [0.25, 0.3) is 0 Å². The van der Waals surface area contributed by atoms with E-state index in [1.54, 1.807) is 0 Å². The lowest BCUT2D eigenvalue weighted by Gasteiger charge is -2.13. The third-order valence-electron chi connectivity index (χ3n) is 2.22. The molecular weight excluding hydrogens is 292 g/mol. The number of nitrogens with zero attached hydrogens (tertiary/aromatic N) is 1. The van der Waals surface area contributed by atoms with E-state index in [0.29, 0.717) is 12.8 Å². The maximum atomic E-state index is 11.3.